The molecule has 0 aromatic heterocycles. The average Bonchev–Trinajstić information content (AvgIpc) is 1.98. The van der Waals surface area contributed by atoms with Gasteiger partial charge >= 0.3 is 0 Å². The molecule has 0 saturated heterocycles. The van der Waals surface area contributed by atoms with Gasteiger partial charge in [0.05, 0.1) is 5.57 Å². The lowest BCUT2D eigenvalue weighted by atomic mass is 10.2. The maximum Gasteiger partial charge on any atom is 0.169 e. The van der Waals surface area contributed by atoms with E-state index in [1.165, 1.54) is 6.92 Å². The number of carbonyl (C=O) groups is 1. The van der Waals surface area contributed by atoms with Gasteiger partial charge < -0.3 is 4.90 Å². The molecule has 0 heterocycles. The van der Waals surface area contributed by atoms with Crippen molar-refractivity contribution in [2.24, 2.45) is 0 Å². The first kappa shape index (κ1) is 10.8. The van der Waals surface area contributed by atoms with Crippen LogP contribution in [-0.4, -0.2) is 23.8 Å². The van der Waals surface area contributed by atoms with E-state index in [1.807, 2.05) is 25.8 Å². The molecule has 0 rings (SSSR count). The van der Waals surface area contributed by atoms with Crippen molar-refractivity contribution < 1.29 is 4.79 Å². The lowest BCUT2D eigenvalue weighted by molar-refractivity contribution is -0.113. The molecule has 0 unspecified atom stereocenters. The van der Waals surface area contributed by atoms with Gasteiger partial charge in [-0.3, -0.25) is 4.79 Å². The normalized spacial score (nSPS) is 11.2. The van der Waals surface area contributed by atoms with Crippen molar-refractivity contribution in [3.63, 3.8) is 0 Å². The SMILES string of the molecule is C#CC(=CN(C)C(C)C)C(C)=O. The van der Waals surface area contributed by atoms with Crippen LogP contribution in [0.3, 0.4) is 0 Å². The Labute approximate surface area is 74.3 Å². The molecule has 0 aliphatic rings. The third-order valence-corrected chi connectivity index (χ3v) is 1.68. The number of carbonyl (C=O) groups excluding carboxylic acids is 1. The van der Waals surface area contributed by atoms with Gasteiger partial charge in [0.15, 0.2) is 5.78 Å². The number of rotatable bonds is 3. The second-order valence-electron chi connectivity index (χ2n) is 3.00. The van der Waals surface area contributed by atoms with E-state index < -0.39 is 0 Å². The fraction of sp³-hybridized carbons (Fsp3) is 0.500. The Morgan fingerprint density at radius 3 is 2.33 bits per heavy atom. The van der Waals surface area contributed by atoms with Gasteiger partial charge in [-0.1, -0.05) is 5.92 Å². The summed E-state index contributed by atoms with van der Waals surface area (Å²) in [6, 6.07) is 0.354. The number of hydrogen-bond donors (Lipinski definition) is 0. The molecular formula is C10H15NO. The van der Waals surface area contributed by atoms with E-state index in [-0.39, 0.29) is 5.78 Å². The highest BCUT2D eigenvalue weighted by Gasteiger charge is 2.03. The third kappa shape index (κ3) is 3.25. The molecule has 0 aromatic carbocycles. The third-order valence-electron chi connectivity index (χ3n) is 1.68. The van der Waals surface area contributed by atoms with Crippen molar-refractivity contribution in [2.75, 3.05) is 7.05 Å². The van der Waals surface area contributed by atoms with E-state index in [2.05, 4.69) is 5.92 Å². The fourth-order valence-corrected chi connectivity index (χ4v) is 0.583. The van der Waals surface area contributed by atoms with E-state index in [9.17, 15) is 4.79 Å². The topological polar surface area (TPSA) is 20.3 Å². The molecule has 66 valence electrons. The minimum absolute atomic E-state index is 0.0648. The zero-order valence-electron chi connectivity index (χ0n) is 8.09. The first-order valence-electron chi connectivity index (χ1n) is 3.90. The average molecular weight is 165 g/mol. The molecule has 0 spiro atoms. The Hall–Kier alpha value is -1.23. The van der Waals surface area contributed by atoms with Gasteiger partial charge in [0, 0.05) is 19.3 Å². The molecule has 2 nitrogen and oxygen atoms in total. The molecule has 0 N–H and O–H groups in total. The van der Waals surface area contributed by atoms with E-state index in [4.69, 9.17) is 6.42 Å². The Kier molecular flexibility index (Phi) is 4.14. The monoisotopic (exact) mass is 165 g/mol. The van der Waals surface area contributed by atoms with Crippen molar-refractivity contribution in [3.05, 3.63) is 11.8 Å². The Balaban J connectivity index is 4.52. The highest BCUT2D eigenvalue weighted by molar-refractivity contribution is 5.97. The molecule has 0 aliphatic carbocycles. The molecule has 0 saturated carbocycles. The molecule has 0 aromatic rings. The van der Waals surface area contributed by atoms with Crippen LogP contribution in [0.25, 0.3) is 0 Å². The van der Waals surface area contributed by atoms with E-state index in [0.717, 1.165) is 0 Å². The van der Waals surface area contributed by atoms with Crippen LogP contribution in [0.2, 0.25) is 0 Å². The quantitative estimate of drug-likeness (QED) is 0.466. The summed E-state index contributed by atoms with van der Waals surface area (Å²) < 4.78 is 0. The zero-order valence-corrected chi connectivity index (χ0v) is 8.09. The standard InChI is InChI=1S/C10H15NO/c1-6-10(9(4)12)7-11(5)8(2)3/h1,7-8H,2-5H3. The minimum Gasteiger partial charge on any atom is -0.377 e. The molecule has 0 amide bonds. The van der Waals surface area contributed by atoms with Crippen molar-refractivity contribution in [1.82, 2.24) is 4.90 Å². The Morgan fingerprint density at radius 2 is 2.08 bits per heavy atom. The van der Waals surface area contributed by atoms with Gasteiger partial charge in [0.25, 0.3) is 0 Å². The second-order valence-corrected chi connectivity index (χ2v) is 3.00. The molecule has 0 bridgehead atoms. The molecular weight excluding hydrogens is 150 g/mol. The summed E-state index contributed by atoms with van der Waals surface area (Å²) in [4.78, 5) is 12.8. The predicted octanol–water partition coefficient (Wildman–Crippen LogP) is 1.43. The number of ketones is 1. The highest BCUT2D eigenvalue weighted by atomic mass is 16.1. The van der Waals surface area contributed by atoms with Crippen LogP contribution in [0.5, 0.6) is 0 Å². The summed E-state index contributed by atoms with van der Waals surface area (Å²) in [6.07, 6.45) is 6.86. The van der Waals surface area contributed by atoms with Crippen LogP contribution in [0.1, 0.15) is 20.8 Å². The number of hydrogen-bond acceptors (Lipinski definition) is 2. The summed E-state index contributed by atoms with van der Waals surface area (Å²) in [5.74, 6) is 2.29. The molecule has 2 heteroatoms. The van der Waals surface area contributed by atoms with Crippen LogP contribution in [0.15, 0.2) is 11.8 Å². The summed E-state index contributed by atoms with van der Waals surface area (Å²) in [7, 11) is 1.89. The molecule has 0 fully saturated rings. The van der Waals surface area contributed by atoms with Crippen LogP contribution < -0.4 is 0 Å². The van der Waals surface area contributed by atoms with Crippen LogP contribution >= 0.6 is 0 Å². The maximum absolute atomic E-state index is 10.9. The Bertz CT molecular complexity index is 233. The summed E-state index contributed by atoms with van der Waals surface area (Å²) >= 11 is 0. The Morgan fingerprint density at radius 1 is 1.58 bits per heavy atom. The maximum atomic E-state index is 10.9. The van der Waals surface area contributed by atoms with Gasteiger partial charge in [-0.25, -0.2) is 0 Å². The molecule has 0 radical (unpaired) electrons. The summed E-state index contributed by atoms with van der Waals surface area (Å²) in [5, 5.41) is 0. The van der Waals surface area contributed by atoms with Crippen molar-refractivity contribution in [3.8, 4) is 12.3 Å². The molecule has 0 atom stereocenters. The van der Waals surface area contributed by atoms with Crippen LogP contribution in [-0.2, 0) is 4.79 Å². The van der Waals surface area contributed by atoms with Gasteiger partial charge in [-0.2, -0.15) is 0 Å². The number of allylic oxidation sites excluding steroid dienone is 1. The number of Topliss-reactive ketones (excluding diaryl/α,β-unsaturated/α-hetero) is 1. The predicted molar refractivity (Wildman–Crippen MR) is 50.5 cm³/mol. The van der Waals surface area contributed by atoms with Crippen molar-refractivity contribution in [2.45, 2.75) is 26.8 Å². The zero-order chi connectivity index (χ0) is 9.72. The van der Waals surface area contributed by atoms with E-state index in [0.29, 0.717) is 11.6 Å². The molecule has 12 heavy (non-hydrogen) atoms. The minimum atomic E-state index is -0.0648. The van der Waals surface area contributed by atoms with Crippen molar-refractivity contribution in [1.29, 1.82) is 0 Å². The first-order chi connectivity index (χ1) is 5.49. The van der Waals surface area contributed by atoms with Gasteiger partial charge in [0.2, 0.25) is 0 Å². The van der Waals surface area contributed by atoms with Gasteiger partial charge in [0.1, 0.15) is 0 Å². The lowest BCUT2D eigenvalue weighted by Gasteiger charge is -2.18. The fourth-order valence-electron chi connectivity index (χ4n) is 0.583. The van der Waals surface area contributed by atoms with Crippen LogP contribution in [0.4, 0.5) is 0 Å². The van der Waals surface area contributed by atoms with Gasteiger partial charge in [-0.05, 0) is 20.8 Å². The smallest absolute Gasteiger partial charge is 0.169 e. The first-order valence-corrected chi connectivity index (χ1v) is 3.90. The summed E-state index contributed by atoms with van der Waals surface area (Å²) in [6.45, 7) is 5.54. The lowest BCUT2D eigenvalue weighted by Crippen LogP contribution is -2.21. The number of terminal acetylenes is 1. The highest BCUT2D eigenvalue weighted by Crippen LogP contribution is 2.00. The van der Waals surface area contributed by atoms with Crippen molar-refractivity contribution >= 4 is 5.78 Å². The number of nitrogens with zero attached hydrogens (tertiary/aromatic N) is 1. The van der Waals surface area contributed by atoms with Crippen LogP contribution in [0, 0.1) is 12.3 Å². The largest absolute Gasteiger partial charge is 0.377 e. The van der Waals surface area contributed by atoms with E-state index in [1.54, 1.807) is 6.20 Å². The van der Waals surface area contributed by atoms with Gasteiger partial charge in [-0.15, -0.1) is 6.42 Å². The second kappa shape index (κ2) is 4.61. The molecule has 0 aliphatic heterocycles. The van der Waals surface area contributed by atoms with E-state index >= 15 is 0 Å². The summed E-state index contributed by atoms with van der Waals surface area (Å²) in [5.41, 5.74) is 0.422.